The van der Waals surface area contributed by atoms with Gasteiger partial charge >= 0.3 is 6.03 Å². The van der Waals surface area contributed by atoms with Crippen molar-refractivity contribution in [3.63, 3.8) is 0 Å². The van der Waals surface area contributed by atoms with Crippen LogP contribution >= 0.6 is 11.8 Å². The molecule has 3 amide bonds. The van der Waals surface area contributed by atoms with Gasteiger partial charge in [-0.25, -0.2) is 18.2 Å². The first-order chi connectivity index (χ1) is 10.8. The summed E-state index contributed by atoms with van der Waals surface area (Å²) in [5, 5.41) is 4.89. The van der Waals surface area contributed by atoms with Gasteiger partial charge in [0.05, 0.1) is 10.8 Å². The van der Waals surface area contributed by atoms with Crippen LogP contribution in [0.2, 0.25) is 0 Å². The molecule has 0 aliphatic carbocycles. The number of hydrogen-bond donors (Lipinski definition) is 2. The van der Waals surface area contributed by atoms with E-state index in [9.17, 15) is 18.0 Å². The van der Waals surface area contributed by atoms with Crippen LogP contribution in [0.25, 0.3) is 0 Å². The summed E-state index contributed by atoms with van der Waals surface area (Å²) >= 11 is 1.11. The maximum Gasteiger partial charge on any atom is 0.321 e. The van der Waals surface area contributed by atoms with E-state index < -0.39 is 22.0 Å². The van der Waals surface area contributed by atoms with Crippen molar-refractivity contribution in [3.8, 4) is 0 Å². The summed E-state index contributed by atoms with van der Waals surface area (Å²) < 4.78 is 25.9. The molecule has 23 heavy (non-hydrogen) atoms. The van der Waals surface area contributed by atoms with E-state index in [0.29, 0.717) is 18.1 Å². The number of thioether (sulfide) groups is 1. The molecule has 10 heteroatoms. The van der Waals surface area contributed by atoms with Crippen molar-refractivity contribution in [2.24, 2.45) is 0 Å². The zero-order valence-electron chi connectivity index (χ0n) is 13.2. The molecule has 128 valence electrons. The fraction of sp³-hybridized carbons (Fsp3) is 0.462. The fourth-order valence-electron chi connectivity index (χ4n) is 1.68. The number of aromatic nitrogens is 1. The number of sulfonamides is 1. The van der Waals surface area contributed by atoms with Gasteiger partial charge in [-0.1, -0.05) is 25.6 Å². The number of amides is 3. The minimum absolute atomic E-state index is 0.00254. The van der Waals surface area contributed by atoms with Crippen LogP contribution in [0.15, 0.2) is 28.3 Å². The number of pyridine rings is 1. The molecule has 1 heterocycles. The predicted octanol–water partition coefficient (Wildman–Crippen LogP) is 0.660. The predicted molar refractivity (Wildman–Crippen MR) is 87.7 cm³/mol. The number of carbonyl (C=O) groups excluding carboxylic acids is 2. The van der Waals surface area contributed by atoms with E-state index in [1.807, 2.05) is 0 Å². The van der Waals surface area contributed by atoms with Gasteiger partial charge in [0.1, 0.15) is 4.90 Å². The molecule has 0 unspecified atom stereocenters. The van der Waals surface area contributed by atoms with Crippen molar-refractivity contribution < 1.29 is 18.0 Å². The first-order valence-electron chi connectivity index (χ1n) is 6.95. The summed E-state index contributed by atoms with van der Waals surface area (Å²) in [6.07, 6.45) is 1.27. The van der Waals surface area contributed by atoms with E-state index in [0.717, 1.165) is 11.8 Å². The van der Waals surface area contributed by atoms with E-state index in [2.05, 4.69) is 15.6 Å². The van der Waals surface area contributed by atoms with Crippen LogP contribution in [0.1, 0.15) is 13.8 Å². The molecule has 8 nitrogen and oxygen atoms in total. The Kier molecular flexibility index (Phi) is 7.46. The quantitative estimate of drug-likeness (QED) is 0.692. The van der Waals surface area contributed by atoms with Crippen LogP contribution in [0, 0.1) is 0 Å². The molecule has 0 radical (unpaired) electrons. The number of carbonyl (C=O) groups is 2. The summed E-state index contributed by atoms with van der Waals surface area (Å²) in [5.41, 5.74) is 0. The van der Waals surface area contributed by atoms with Gasteiger partial charge in [-0.05, 0) is 12.1 Å². The van der Waals surface area contributed by atoms with E-state index in [1.54, 1.807) is 13.8 Å². The lowest BCUT2D eigenvalue weighted by Crippen LogP contribution is -2.38. The molecule has 0 aliphatic heterocycles. The molecule has 0 bridgehead atoms. The van der Waals surface area contributed by atoms with Crippen molar-refractivity contribution in [3.05, 3.63) is 18.3 Å². The number of nitrogens with one attached hydrogen (secondary N) is 2. The van der Waals surface area contributed by atoms with Crippen LogP contribution in [0.3, 0.4) is 0 Å². The third-order valence-electron chi connectivity index (χ3n) is 2.88. The van der Waals surface area contributed by atoms with Crippen LogP contribution in [-0.2, 0) is 14.8 Å². The SMILES string of the molecule is CCN(CC)S(=O)(=O)c1ccc(SCC(=O)NC(=O)NC)nc1. The molecular formula is C13H20N4O4S2. The molecule has 0 atom stereocenters. The minimum Gasteiger partial charge on any atom is -0.341 e. The van der Waals surface area contributed by atoms with Crippen LogP contribution in [0.4, 0.5) is 4.79 Å². The van der Waals surface area contributed by atoms with Crippen LogP contribution < -0.4 is 10.6 Å². The number of nitrogens with zero attached hydrogens (tertiary/aromatic N) is 2. The highest BCUT2D eigenvalue weighted by atomic mass is 32.2. The molecule has 2 N–H and O–H groups in total. The van der Waals surface area contributed by atoms with E-state index in [-0.39, 0.29) is 10.6 Å². The lowest BCUT2D eigenvalue weighted by Gasteiger charge is -2.18. The topological polar surface area (TPSA) is 108 Å². The minimum atomic E-state index is -3.54. The second kappa shape index (κ2) is 8.85. The molecule has 0 aromatic carbocycles. The Morgan fingerprint density at radius 2 is 1.91 bits per heavy atom. The lowest BCUT2D eigenvalue weighted by atomic mass is 10.5. The first-order valence-corrected chi connectivity index (χ1v) is 9.38. The molecule has 1 aromatic rings. The van der Waals surface area contributed by atoms with Crippen molar-refractivity contribution in [1.82, 2.24) is 19.9 Å². The maximum atomic E-state index is 12.3. The van der Waals surface area contributed by atoms with Crippen molar-refractivity contribution in [2.75, 3.05) is 25.9 Å². The van der Waals surface area contributed by atoms with Gasteiger partial charge in [0.2, 0.25) is 15.9 Å². The highest BCUT2D eigenvalue weighted by molar-refractivity contribution is 7.99. The van der Waals surface area contributed by atoms with Crippen molar-refractivity contribution in [1.29, 1.82) is 0 Å². The van der Waals surface area contributed by atoms with Gasteiger partial charge in [0.15, 0.2) is 0 Å². The Labute approximate surface area is 140 Å². The number of rotatable bonds is 7. The number of urea groups is 1. The summed E-state index contributed by atoms with van der Waals surface area (Å²) in [5.74, 6) is -0.460. The van der Waals surface area contributed by atoms with Gasteiger partial charge in [-0.2, -0.15) is 4.31 Å². The Morgan fingerprint density at radius 3 is 2.39 bits per heavy atom. The molecule has 0 saturated carbocycles. The fourth-order valence-corrected chi connectivity index (χ4v) is 3.73. The highest BCUT2D eigenvalue weighted by Gasteiger charge is 2.21. The van der Waals surface area contributed by atoms with Gasteiger partial charge < -0.3 is 5.32 Å². The Hall–Kier alpha value is -1.65. The lowest BCUT2D eigenvalue weighted by molar-refractivity contribution is -0.117. The zero-order valence-corrected chi connectivity index (χ0v) is 14.8. The van der Waals surface area contributed by atoms with Gasteiger partial charge in [-0.3, -0.25) is 10.1 Å². The third kappa shape index (κ3) is 5.48. The molecule has 0 spiro atoms. The van der Waals surface area contributed by atoms with Gasteiger partial charge in [0, 0.05) is 26.3 Å². The number of imide groups is 1. The normalized spacial score (nSPS) is 11.3. The molecule has 0 saturated heterocycles. The largest absolute Gasteiger partial charge is 0.341 e. The van der Waals surface area contributed by atoms with Crippen LogP contribution in [-0.4, -0.2) is 55.5 Å². The second-order valence-corrected chi connectivity index (χ2v) is 7.27. The summed E-state index contributed by atoms with van der Waals surface area (Å²) in [6.45, 7) is 4.30. The van der Waals surface area contributed by atoms with E-state index in [1.165, 1.54) is 29.7 Å². The standard InChI is InChI=1S/C13H20N4O4S2/c1-4-17(5-2)23(20,21)10-6-7-12(15-8-10)22-9-11(18)16-13(19)14-3/h6-8H,4-5,9H2,1-3H3,(H2,14,16,18,19). The summed E-state index contributed by atoms with van der Waals surface area (Å²) in [4.78, 5) is 26.6. The first kappa shape index (κ1) is 19.4. The second-order valence-electron chi connectivity index (χ2n) is 4.34. The zero-order chi connectivity index (χ0) is 17.5. The highest BCUT2D eigenvalue weighted by Crippen LogP contribution is 2.19. The monoisotopic (exact) mass is 360 g/mol. The number of hydrogen-bond acceptors (Lipinski definition) is 6. The molecular weight excluding hydrogens is 340 g/mol. The summed E-state index contributed by atoms with van der Waals surface area (Å²) in [7, 11) is -2.13. The van der Waals surface area contributed by atoms with E-state index >= 15 is 0 Å². The Morgan fingerprint density at radius 1 is 1.26 bits per heavy atom. The molecule has 0 fully saturated rings. The molecule has 0 aliphatic rings. The molecule has 1 aromatic heterocycles. The average Bonchev–Trinajstić information content (AvgIpc) is 2.54. The van der Waals surface area contributed by atoms with Gasteiger partial charge in [-0.15, -0.1) is 0 Å². The summed E-state index contributed by atoms with van der Waals surface area (Å²) in [6, 6.07) is 2.41. The van der Waals surface area contributed by atoms with E-state index in [4.69, 9.17) is 0 Å². The average molecular weight is 360 g/mol. The molecule has 1 rings (SSSR count). The Balaban J connectivity index is 2.70. The van der Waals surface area contributed by atoms with Gasteiger partial charge in [0.25, 0.3) is 0 Å². The van der Waals surface area contributed by atoms with Crippen molar-refractivity contribution in [2.45, 2.75) is 23.8 Å². The Bertz CT molecular complexity index is 642. The maximum absolute atomic E-state index is 12.3. The smallest absolute Gasteiger partial charge is 0.321 e. The third-order valence-corrected chi connectivity index (χ3v) is 5.86. The van der Waals surface area contributed by atoms with Crippen molar-refractivity contribution >= 4 is 33.7 Å². The van der Waals surface area contributed by atoms with Crippen LogP contribution in [0.5, 0.6) is 0 Å².